The zero-order valence-corrected chi connectivity index (χ0v) is 16.4. The van der Waals surface area contributed by atoms with Gasteiger partial charge in [-0.05, 0) is 61.6 Å². The number of amides is 1. The first-order chi connectivity index (χ1) is 14.2. The lowest BCUT2D eigenvalue weighted by Gasteiger charge is -2.27. The molecule has 1 fully saturated rings. The van der Waals surface area contributed by atoms with Gasteiger partial charge in [0.05, 0.1) is 18.2 Å². The third-order valence-corrected chi connectivity index (χ3v) is 5.26. The number of hydrogen-bond donors (Lipinski definition) is 0. The molecule has 2 aliphatic rings. The summed E-state index contributed by atoms with van der Waals surface area (Å²) in [5.74, 6) is 0.747. The third kappa shape index (κ3) is 4.04. The minimum atomic E-state index is -0.377. The van der Waals surface area contributed by atoms with Crippen LogP contribution in [0.15, 0.2) is 56.3 Å². The molecule has 2 atom stereocenters. The number of esters is 1. The van der Waals surface area contributed by atoms with Crippen molar-refractivity contribution in [3.63, 3.8) is 0 Å². The Kier molecular flexibility index (Phi) is 5.64. The standard InChI is InChI=1S/C22H24N2O5/c1-2-6-20(26)29-14-19(25)24-22(18-10-5-12-28-18)17-9-3-7-15(21(17)23-24)13-16-8-4-11-27-16/h4-5,8,10-13,17,22H,2-3,6-7,9,14H2,1H3/b15-13+/t17-,22+/m1/s1. The average Bonchev–Trinajstić information content (AvgIpc) is 3.46. The first-order valence-electron chi connectivity index (χ1n) is 10.0. The summed E-state index contributed by atoms with van der Waals surface area (Å²) in [5.41, 5.74) is 1.94. The van der Waals surface area contributed by atoms with Crippen molar-refractivity contribution >= 4 is 23.7 Å². The van der Waals surface area contributed by atoms with Gasteiger partial charge in [0.2, 0.25) is 0 Å². The van der Waals surface area contributed by atoms with Gasteiger partial charge in [0.1, 0.15) is 17.6 Å². The molecule has 0 unspecified atom stereocenters. The summed E-state index contributed by atoms with van der Waals surface area (Å²) in [4.78, 5) is 24.6. The van der Waals surface area contributed by atoms with Crippen LogP contribution < -0.4 is 0 Å². The Bertz CT molecular complexity index is 911. The number of fused-ring (bicyclic) bond motifs is 1. The van der Waals surface area contributed by atoms with Gasteiger partial charge >= 0.3 is 5.97 Å². The van der Waals surface area contributed by atoms with Crippen LogP contribution in [0.5, 0.6) is 0 Å². The lowest BCUT2D eigenvalue weighted by molar-refractivity contribution is -0.153. The highest BCUT2D eigenvalue weighted by Gasteiger charge is 2.45. The second-order valence-corrected chi connectivity index (χ2v) is 7.28. The van der Waals surface area contributed by atoms with E-state index >= 15 is 0 Å². The van der Waals surface area contributed by atoms with Crippen molar-refractivity contribution in [3.05, 3.63) is 53.9 Å². The fourth-order valence-corrected chi connectivity index (χ4v) is 3.97. The van der Waals surface area contributed by atoms with E-state index in [0.717, 1.165) is 36.3 Å². The molecule has 0 aromatic carbocycles. The Morgan fingerprint density at radius 2 is 2.10 bits per heavy atom. The van der Waals surface area contributed by atoms with Crippen LogP contribution in [0.3, 0.4) is 0 Å². The summed E-state index contributed by atoms with van der Waals surface area (Å²) < 4.78 is 16.2. The molecule has 7 nitrogen and oxygen atoms in total. The molecular formula is C22H24N2O5. The maximum Gasteiger partial charge on any atom is 0.306 e. The van der Waals surface area contributed by atoms with Gasteiger partial charge in [-0.2, -0.15) is 5.10 Å². The number of nitrogens with zero attached hydrogens (tertiary/aromatic N) is 2. The summed E-state index contributed by atoms with van der Waals surface area (Å²) >= 11 is 0. The van der Waals surface area contributed by atoms with Gasteiger partial charge in [-0.1, -0.05) is 6.92 Å². The smallest absolute Gasteiger partial charge is 0.306 e. The Hall–Kier alpha value is -3.09. The molecule has 0 saturated heterocycles. The van der Waals surface area contributed by atoms with E-state index in [9.17, 15) is 9.59 Å². The number of hydrazone groups is 1. The minimum absolute atomic E-state index is 0.0337. The van der Waals surface area contributed by atoms with Crippen LogP contribution in [-0.4, -0.2) is 29.2 Å². The van der Waals surface area contributed by atoms with Crippen molar-refractivity contribution in [1.29, 1.82) is 0 Å². The van der Waals surface area contributed by atoms with Gasteiger partial charge in [0, 0.05) is 12.3 Å². The fraction of sp³-hybridized carbons (Fsp3) is 0.409. The molecule has 4 rings (SSSR count). The molecule has 2 aromatic heterocycles. The number of rotatable bonds is 6. The summed E-state index contributed by atoms with van der Waals surface area (Å²) in [5, 5.41) is 6.10. The van der Waals surface area contributed by atoms with Crippen LogP contribution >= 0.6 is 0 Å². The number of ether oxygens (including phenoxy) is 1. The zero-order valence-electron chi connectivity index (χ0n) is 16.4. The Labute approximate surface area is 169 Å². The van der Waals surface area contributed by atoms with Crippen molar-refractivity contribution in [3.8, 4) is 0 Å². The van der Waals surface area contributed by atoms with E-state index in [2.05, 4.69) is 5.10 Å². The number of carbonyl (C=O) groups is 2. The minimum Gasteiger partial charge on any atom is -0.467 e. The van der Waals surface area contributed by atoms with E-state index in [4.69, 9.17) is 13.6 Å². The van der Waals surface area contributed by atoms with Gasteiger partial charge in [-0.3, -0.25) is 9.59 Å². The Morgan fingerprint density at radius 3 is 2.83 bits per heavy atom. The molecule has 1 aliphatic carbocycles. The molecular weight excluding hydrogens is 372 g/mol. The highest BCUT2D eigenvalue weighted by Crippen LogP contribution is 2.44. The van der Waals surface area contributed by atoms with E-state index < -0.39 is 0 Å². The van der Waals surface area contributed by atoms with Crippen LogP contribution in [0.1, 0.15) is 56.6 Å². The molecule has 3 heterocycles. The molecule has 29 heavy (non-hydrogen) atoms. The number of carbonyl (C=O) groups excluding carboxylic acids is 2. The Morgan fingerprint density at radius 1 is 1.28 bits per heavy atom. The first-order valence-corrected chi connectivity index (χ1v) is 10.0. The molecule has 7 heteroatoms. The van der Waals surface area contributed by atoms with E-state index in [-0.39, 0.29) is 30.4 Å². The van der Waals surface area contributed by atoms with E-state index in [0.29, 0.717) is 18.6 Å². The van der Waals surface area contributed by atoms with Crippen LogP contribution in [0.25, 0.3) is 6.08 Å². The van der Waals surface area contributed by atoms with Crippen molar-refractivity contribution in [2.24, 2.45) is 11.0 Å². The van der Waals surface area contributed by atoms with Crippen molar-refractivity contribution < 1.29 is 23.2 Å². The zero-order chi connectivity index (χ0) is 20.2. The fourth-order valence-electron chi connectivity index (χ4n) is 3.97. The van der Waals surface area contributed by atoms with Gasteiger partial charge in [0.15, 0.2) is 6.61 Å². The maximum absolute atomic E-state index is 12.9. The second kappa shape index (κ2) is 8.51. The summed E-state index contributed by atoms with van der Waals surface area (Å²) in [6.07, 6.45) is 8.95. The van der Waals surface area contributed by atoms with Gasteiger partial charge in [-0.15, -0.1) is 0 Å². The van der Waals surface area contributed by atoms with Gasteiger partial charge < -0.3 is 13.6 Å². The molecule has 0 radical (unpaired) electrons. The average molecular weight is 396 g/mol. The molecule has 0 spiro atoms. The highest BCUT2D eigenvalue weighted by atomic mass is 16.5. The number of allylic oxidation sites excluding steroid dienone is 1. The monoisotopic (exact) mass is 396 g/mol. The number of furan rings is 2. The molecule has 0 bridgehead atoms. The predicted octanol–water partition coefficient (Wildman–Crippen LogP) is 4.34. The van der Waals surface area contributed by atoms with Crippen molar-refractivity contribution in [2.75, 3.05) is 6.61 Å². The topological polar surface area (TPSA) is 85.3 Å². The van der Waals surface area contributed by atoms with Crippen LogP contribution in [-0.2, 0) is 14.3 Å². The third-order valence-electron chi connectivity index (χ3n) is 5.26. The normalized spacial score (nSPS) is 22.4. The van der Waals surface area contributed by atoms with Crippen molar-refractivity contribution in [1.82, 2.24) is 5.01 Å². The molecule has 2 aromatic rings. The SMILES string of the molecule is CCCC(=O)OCC(=O)N1N=C2/C(=C/c3ccco3)CCC[C@H]2[C@H]1c1ccco1. The van der Waals surface area contributed by atoms with Crippen LogP contribution in [0.4, 0.5) is 0 Å². The highest BCUT2D eigenvalue weighted by molar-refractivity contribution is 6.08. The van der Waals surface area contributed by atoms with Gasteiger partial charge in [0.25, 0.3) is 5.91 Å². The van der Waals surface area contributed by atoms with E-state index in [1.807, 2.05) is 31.2 Å². The van der Waals surface area contributed by atoms with E-state index in [1.54, 1.807) is 18.6 Å². The van der Waals surface area contributed by atoms with E-state index in [1.165, 1.54) is 5.01 Å². The lowest BCUT2D eigenvalue weighted by atomic mass is 9.79. The van der Waals surface area contributed by atoms with Crippen molar-refractivity contribution in [2.45, 2.75) is 45.1 Å². The first kappa shape index (κ1) is 19.2. The molecule has 1 aliphatic heterocycles. The molecule has 1 amide bonds. The summed E-state index contributed by atoms with van der Waals surface area (Å²) in [6.45, 7) is 1.57. The maximum atomic E-state index is 12.9. The summed E-state index contributed by atoms with van der Waals surface area (Å²) in [6, 6.07) is 7.07. The Balaban J connectivity index is 1.61. The molecule has 152 valence electrons. The largest absolute Gasteiger partial charge is 0.467 e. The molecule has 0 N–H and O–H groups in total. The van der Waals surface area contributed by atoms with Crippen LogP contribution in [0.2, 0.25) is 0 Å². The lowest BCUT2D eigenvalue weighted by Crippen LogP contribution is -2.34. The second-order valence-electron chi connectivity index (χ2n) is 7.28. The predicted molar refractivity (Wildman–Crippen MR) is 106 cm³/mol. The number of hydrogen-bond acceptors (Lipinski definition) is 6. The summed E-state index contributed by atoms with van der Waals surface area (Å²) in [7, 11) is 0. The molecule has 1 saturated carbocycles. The van der Waals surface area contributed by atoms with Crippen LogP contribution in [0, 0.1) is 5.92 Å². The van der Waals surface area contributed by atoms with Gasteiger partial charge in [-0.25, -0.2) is 5.01 Å². The quantitative estimate of drug-likeness (QED) is 0.678.